The normalized spacial score (nSPS) is 23.1. The minimum atomic E-state index is -0.530. The molecule has 0 spiro atoms. The molecule has 3 aliphatic rings. The number of halogens is 1. The van der Waals surface area contributed by atoms with E-state index in [4.69, 9.17) is 9.84 Å². The Hall–Kier alpha value is -4.04. The van der Waals surface area contributed by atoms with Gasteiger partial charge in [0.1, 0.15) is 18.2 Å². The number of pyridine rings is 1. The summed E-state index contributed by atoms with van der Waals surface area (Å²) in [5, 5.41) is 8.40. The molecule has 1 amide bonds. The molecule has 254 valence electrons. The first-order valence-corrected chi connectivity index (χ1v) is 16.8. The van der Waals surface area contributed by atoms with Crippen molar-refractivity contribution in [2.24, 2.45) is 0 Å². The van der Waals surface area contributed by atoms with Gasteiger partial charge in [0.15, 0.2) is 5.65 Å². The fourth-order valence-electron chi connectivity index (χ4n) is 7.43. The van der Waals surface area contributed by atoms with Crippen molar-refractivity contribution in [3.05, 3.63) is 87.7 Å². The van der Waals surface area contributed by atoms with Crippen molar-refractivity contribution in [1.82, 2.24) is 39.3 Å². The van der Waals surface area contributed by atoms with E-state index in [2.05, 4.69) is 52.8 Å². The number of rotatable bonds is 8. The number of hydrogen-bond donors (Lipinski definition) is 1. The lowest BCUT2D eigenvalue weighted by atomic mass is 9.90. The second-order valence-electron chi connectivity index (χ2n) is 14.1. The third-order valence-electron chi connectivity index (χ3n) is 9.92. The minimum absolute atomic E-state index is 0.00107. The van der Waals surface area contributed by atoms with E-state index < -0.39 is 5.41 Å². The van der Waals surface area contributed by atoms with Gasteiger partial charge in [-0.3, -0.25) is 14.6 Å². The Morgan fingerprint density at radius 1 is 1.12 bits per heavy atom. The predicted molar refractivity (Wildman–Crippen MR) is 180 cm³/mol. The van der Waals surface area contributed by atoms with Crippen LogP contribution in [0.2, 0.25) is 0 Å². The van der Waals surface area contributed by atoms with Gasteiger partial charge in [0, 0.05) is 80.6 Å². The average Bonchev–Trinajstić information content (AvgIpc) is 3.53. The number of nitrogens with one attached hydrogen (secondary N) is 1. The molecule has 3 aliphatic heterocycles. The van der Waals surface area contributed by atoms with Crippen molar-refractivity contribution in [3.8, 4) is 0 Å². The standard InChI is InChI=1S/C35H44FN9O3/c1-23-17-42(28(16-39-23)18-41-12-13-48-21-24(41)2)20-31(46)43-22-35(3,4)32-29(43)15-26(14-25-6-8-27(36)9-7-25)33-40-44(34(47)45(32)33)19-30-37-10-5-11-38-30/h5-11,15,23-24,28,39H,12-14,16-22H2,1-4H3/t23-,24-,28-/m1/s1. The van der Waals surface area contributed by atoms with Crippen LogP contribution < -0.4 is 15.9 Å². The number of carbonyl (C=O) groups is 1. The minimum Gasteiger partial charge on any atom is -0.379 e. The van der Waals surface area contributed by atoms with Gasteiger partial charge in [0.25, 0.3) is 0 Å². The summed E-state index contributed by atoms with van der Waals surface area (Å²) in [5.41, 5.74) is 2.79. The van der Waals surface area contributed by atoms with Crippen LogP contribution in [0.3, 0.4) is 0 Å². The Labute approximate surface area is 279 Å². The highest BCUT2D eigenvalue weighted by atomic mass is 19.1. The third kappa shape index (κ3) is 6.39. The molecule has 2 fully saturated rings. The van der Waals surface area contributed by atoms with E-state index in [9.17, 15) is 14.0 Å². The van der Waals surface area contributed by atoms with Crippen LogP contribution in [0.4, 0.5) is 10.1 Å². The van der Waals surface area contributed by atoms with Gasteiger partial charge in [-0.1, -0.05) is 26.0 Å². The van der Waals surface area contributed by atoms with Gasteiger partial charge in [-0.15, -0.1) is 5.10 Å². The highest BCUT2D eigenvalue weighted by molar-refractivity contribution is 5.98. The van der Waals surface area contributed by atoms with E-state index in [0.29, 0.717) is 36.2 Å². The van der Waals surface area contributed by atoms with Gasteiger partial charge in [0.05, 0.1) is 31.1 Å². The SMILES string of the molecule is C[C@@H]1CN(CC(=O)N2CC(C)(C)c3c2cc(Cc2ccc(F)cc2)c2nn(Cc4ncccn4)c(=O)n32)[C@@H](CN2CCOC[C@H]2C)CN1. The zero-order valence-electron chi connectivity index (χ0n) is 28.1. The summed E-state index contributed by atoms with van der Waals surface area (Å²) in [6.45, 7) is 14.1. The van der Waals surface area contributed by atoms with E-state index in [0.717, 1.165) is 56.2 Å². The number of hydrogen-bond acceptors (Lipinski definition) is 9. The van der Waals surface area contributed by atoms with Crippen LogP contribution in [0.25, 0.3) is 5.65 Å². The number of morpholine rings is 1. The van der Waals surface area contributed by atoms with Crippen LogP contribution in [0.5, 0.6) is 0 Å². The van der Waals surface area contributed by atoms with Gasteiger partial charge in [-0.25, -0.2) is 28.2 Å². The van der Waals surface area contributed by atoms with Crippen molar-refractivity contribution < 1.29 is 13.9 Å². The molecule has 48 heavy (non-hydrogen) atoms. The van der Waals surface area contributed by atoms with Gasteiger partial charge in [-0.2, -0.15) is 0 Å². The molecule has 0 unspecified atom stereocenters. The molecular formula is C35H44FN9O3. The first kappa shape index (κ1) is 32.5. The largest absolute Gasteiger partial charge is 0.379 e. The second-order valence-corrected chi connectivity index (χ2v) is 14.1. The van der Waals surface area contributed by atoms with E-state index in [1.807, 2.05) is 11.0 Å². The molecular weight excluding hydrogens is 613 g/mol. The summed E-state index contributed by atoms with van der Waals surface area (Å²) in [7, 11) is 0. The van der Waals surface area contributed by atoms with E-state index in [1.54, 1.807) is 35.0 Å². The van der Waals surface area contributed by atoms with Gasteiger partial charge in [-0.05, 0) is 43.7 Å². The summed E-state index contributed by atoms with van der Waals surface area (Å²) in [4.78, 5) is 43.8. The van der Waals surface area contributed by atoms with Crippen molar-refractivity contribution >= 4 is 17.2 Å². The smallest absolute Gasteiger partial charge is 0.351 e. The lowest BCUT2D eigenvalue weighted by molar-refractivity contribution is -0.121. The number of aromatic nitrogens is 5. The maximum absolute atomic E-state index is 14.4. The number of amides is 1. The number of anilines is 1. The van der Waals surface area contributed by atoms with Crippen LogP contribution in [-0.4, -0.2) is 110 Å². The zero-order chi connectivity index (χ0) is 33.6. The number of fused-ring (bicyclic) bond motifs is 3. The summed E-state index contributed by atoms with van der Waals surface area (Å²) in [5.74, 6) is 0.159. The van der Waals surface area contributed by atoms with Crippen LogP contribution in [0, 0.1) is 5.82 Å². The fourth-order valence-corrected chi connectivity index (χ4v) is 7.43. The van der Waals surface area contributed by atoms with Crippen LogP contribution in [-0.2, 0) is 27.9 Å². The quantitative estimate of drug-likeness (QED) is 0.304. The topological polar surface area (TPSA) is 113 Å². The monoisotopic (exact) mass is 657 g/mol. The molecule has 13 heteroatoms. The second kappa shape index (κ2) is 13.1. The van der Waals surface area contributed by atoms with Gasteiger partial charge >= 0.3 is 5.69 Å². The first-order chi connectivity index (χ1) is 23.1. The number of nitrogens with zero attached hydrogens (tertiary/aromatic N) is 8. The van der Waals surface area contributed by atoms with Gasteiger partial charge < -0.3 is 15.0 Å². The summed E-state index contributed by atoms with van der Waals surface area (Å²) >= 11 is 0. The molecule has 7 rings (SSSR count). The number of carbonyl (C=O) groups excluding carboxylic acids is 1. The molecule has 2 saturated heterocycles. The summed E-state index contributed by atoms with van der Waals surface area (Å²) in [6, 6.07) is 10.8. The maximum Gasteiger partial charge on any atom is 0.351 e. The van der Waals surface area contributed by atoms with Crippen molar-refractivity contribution in [3.63, 3.8) is 0 Å². The molecule has 3 atom stereocenters. The lowest BCUT2D eigenvalue weighted by Gasteiger charge is -2.43. The molecule has 1 aromatic carbocycles. The molecule has 1 N–H and O–H groups in total. The first-order valence-electron chi connectivity index (χ1n) is 16.8. The summed E-state index contributed by atoms with van der Waals surface area (Å²) < 4.78 is 22.5. The maximum atomic E-state index is 14.4. The van der Waals surface area contributed by atoms with E-state index in [-0.39, 0.29) is 42.6 Å². The Kier molecular flexibility index (Phi) is 8.88. The van der Waals surface area contributed by atoms with E-state index in [1.165, 1.54) is 16.8 Å². The van der Waals surface area contributed by atoms with Crippen LogP contribution in [0.15, 0.2) is 53.6 Å². The van der Waals surface area contributed by atoms with Crippen molar-refractivity contribution in [2.45, 2.75) is 64.2 Å². The van der Waals surface area contributed by atoms with Crippen LogP contribution in [0.1, 0.15) is 50.3 Å². The molecule has 0 bridgehead atoms. The van der Waals surface area contributed by atoms with Crippen molar-refractivity contribution in [2.75, 3.05) is 57.4 Å². The Morgan fingerprint density at radius 3 is 2.65 bits per heavy atom. The van der Waals surface area contributed by atoms with Crippen molar-refractivity contribution in [1.29, 1.82) is 0 Å². The van der Waals surface area contributed by atoms with Gasteiger partial charge in [0.2, 0.25) is 5.91 Å². The number of piperazine rings is 1. The Balaban J connectivity index is 1.25. The number of benzene rings is 1. The third-order valence-corrected chi connectivity index (χ3v) is 9.92. The lowest BCUT2D eigenvalue weighted by Crippen LogP contribution is -2.62. The number of ether oxygens (including phenoxy) is 1. The molecule has 12 nitrogen and oxygen atoms in total. The molecule has 4 aromatic rings. The Morgan fingerprint density at radius 2 is 1.90 bits per heavy atom. The Bertz CT molecular complexity index is 1840. The van der Waals surface area contributed by atoms with Crippen LogP contribution >= 0.6 is 0 Å². The molecule has 0 aliphatic carbocycles. The highest BCUT2D eigenvalue weighted by Gasteiger charge is 2.43. The average molecular weight is 658 g/mol. The molecule has 3 aromatic heterocycles. The fraction of sp³-hybridized carbons (Fsp3) is 0.514. The molecule has 0 saturated carbocycles. The van der Waals surface area contributed by atoms with E-state index >= 15 is 0 Å². The zero-order valence-corrected chi connectivity index (χ0v) is 28.1. The highest BCUT2D eigenvalue weighted by Crippen LogP contribution is 2.42. The molecule has 6 heterocycles. The summed E-state index contributed by atoms with van der Waals surface area (Å²) in [6.07, 6.45) is 3.68. The predicted octanol–water partition coefficient (Wildman–Crippen LogP) is 2.07. The molecule has 0 radical (unpaired) electrons.